The summed E-state index contributed by atoms with van der Waals surface area (Å²) in [7, 11) is 0. The molecule has 19 heavy (non-hydrogen) atoms. The van der Waals surface area contributed by atoms with Crippen molar-refractivity contribution < 1.29 is 14.7 Å². The van der Waals surface area contributed by atoms with Crippen LogP contribution in [0.5, 0.6) is 0 Å². The van der Waals surface area contributed by atoms with Gasteiger partial charge in [0, 0.05) is 0 Å². The molecular weight excluding hydrogens is 242 g/mol. The van der Waals surface area contributed by atoms with E-state index in [2.05, 4.69) is 5.32 Å². The second-order valence-electron chi connectivity index (χ2n) is 5.78. The lowest BCUT2D eigenvalue weighted by Crippen LogP contribution is -2.43. The van der Waals surface area contributed by atoms with Gasteiger partial charge in [0.1, 0.15) is 5.92 Å². The summed E-state index contributed by atoms with van der Waals surface area (Å²) in [6.45, 7) is 7.09. The molecule has 0 aliphatic heterocycles. The van der Waals surface area contributed by atoms with Gasteiger partial charge in [0.15, 0.2) is 0 Å². The van der Waals surface area contributed by atoms with Gasteiger partial charge in [-0.15, -0.1) is 0 Å². The van der Waals surface area contributed by atoms with E-state index in [9.17, 15) is 14.7 Å². The Morgan fingerprint density at radius 3 is 2.11 bits per heavy atom. The Labute approximate surface area is 113 Å². The standard InChI is InChI=1S/C15H21NO3/c1-10(11-8-6-5-7-9-11)16-13(17)12(14(18)19)15(2,3)4/h5-10,12H,1-4H3,(H,16,17)(H,18,19). The molecule has 2 unspecified atom stereocenters. The minimum atomic E-state index is -1.09. The third kappa shape index (κ3) is 4.09. The first-order valence-corrected chi connectivity index (χ1v) is 6.31. The van der Waals surface area contributed by atoms with Crippen LogP contribution in [0.3, 0.4) is 0 Å². The molecule has 2 N–H and O–H groups in total. The molecule has 0 spiro atoms. The Kier molecular flexibility index (Phi) is 4.70. The zero-order valence-corrected chi connectivity index (χ0v) is 11.8. The van der Waals surface area contributed by atoms with Crippen LogP contribution in [-0.2, 0) is 9.59 Å². The molecule has 0 aliphatic carbocycles. The SMILES string of the molecule is CC(NC(=O)C(C(=O)O)C(C)(C)C)c1ccccc1. The molecule has 0 aliphatic rings. The van der Waals surface area contributed by atoms with Crippen LogP contribution in [0.2, 0.25) is 0 Å². The van der Waals surface area contributed by atoms with E-state index in [4.69, 9.17) is 0 Å². The lowest BCUT2D eigenvalue weighted by Gasteiger charge is -2.27. The van der Waals surface area contributed by atoms with Gasteiger partial charge in [-0.05, 0) is 17.9 Å². The smallest absolute Gasteiger partial charge is 0.316 e. The quantitative estimate of drug-likeness (QED) is 0.821. The highest BCUT2D eigenvalue weighted by Crippen LogP contribution is 2.27. The van der Waals surface area contributed by atoms with Crippen molar-refractivity contribution in [3.63, 3.8) is 0 Å². The van der Waals surface area contributed by atoms with Crippen molar-refractivity contribution in [1.29, 1.82) is 0 Å². The number of hydrogen-bond acceptors (Lipinski definition) is 2. The topological polar surface area (TPSA) is 66.4 Å². The van der Waals surface area contributed by atoms with Crippen molar-refractivity contribution in [2.75, 3.05) is 0 Å². The van der Waals surface area contributed by atoms with Crippen molar-refractivity contribution in [3.8, 4) is 0 Å². The van der Waals surface area contributed by atoms with E-state index in [0.717, 1.165) is 5.56 Å². The first kappa shape index (κ1) is 15.2. The van der Waals surface area contributed by atoms with E-state index >= 15 is 0 Å². The number of nitrogens with one attached hydrogen (secondary N) is 1. The molecule has 0 heterocycles. The van der Waals surface area contributed by atoms with Crippen LogP contribution in [0.25, 0.3) is 0 Å². The first-order valence-electron chi connectivity index (χ1n) is 6.31. The van der Waals surface area contributed by atoms with E-state index in [-0.39, 0.29) is 6.04 Å². The van der Waals surface area contributed by atoms with Gasteiger partial charge in [0.2, 0.25) is 5.91 Å². The summed E-state index contributed by atoms with van der Waals surface area (Å²) in [5.41, 5.74) is 0.334. The van der Waals surface area contributed by atoms with Crippen molar-refractivity contribution >= 4 is 11.9 Å². The summed E-state index contributed by atoms with van der Waals surface area (Å²) >= 11 is 0. The fourth-order valence-corrected chi connectivity index (χ4v) is 2.00. The second-order valence-corrected chi connectivity index (χ2v) is 5.78. The Morgan fingerprint density at radius 2 is 1.68 bits per heavy atom. The molecule has 4 heteroatoms. The maximum Gasteiger partial charge on any atom is 0.316 e. The van der Waals surface area contributed by atoms with E-state index in [0.29, 0.717) is 0 Å². The van der Waals surface area contributed by atoms with Crippen LogP contribution < -0.4 is 5.32 Å². The van der Waals surface area contributed by atoms with Crippen LogP contribution in [-0.4, -0.2) is 17.0 Å². The number of carbonyl (C=O) groups excluding carboxylic acids is 1. The molecule has 1 rings (SSSR count). The third-order valence-electron chi connectivity index (χ3n) is 3.03. The predicted octanol–water partition coefficient (Wildman–Crippen LogP) is 2.61. The Hall–Kier alpha value is -1.84. The number of carboxylic acids is 1. The van der Waals surface area contributed by atoms with Crippen LogP contribution in [0.15, 0.2) is 30.3 Å². The molecule has 0 saturated carbocycles. The van der Waals surface area contributed by atoms with Gasteiger partial charge in [-0.25, -0.2) is 0 Å². The van der Waals surface area contributed by atoms with Gasteiger partial charge in [-0.1, -0.05) is 51.1 Å². The van der Waals surface area contributed by atoms with Crippen LogP contribution in [0.4, 0.5) is 0 Å². The number of benzene rings is 1. The number of amides is 1. The molecule has 1 amide bonds. The molecule has 0 aromatic heterocycles. The van der Waals surface area contributed by atoms with E-state index < -0.39 is 23.2 Å². The van der Waals surface area contributed by atoms with Crippen LogP contribution in [0, 0.1) is 11.3 Å². The minimum absolute atomic E-state index is 0.210. The maximum absolute atomic E-state index is 12.1. The highest BCUT2D eigenvalue weighted by atomic mass is 16.4. The largest absolute Gasteiger partial charge is 0.481 e. The number of hydrogen-bond donors (Lipinski definition) is 2. The third-order valence-corrected chi connectivity index (χ3v) is 3.03. The van der Waals surface area contributed by atoms with Crippen molar-refractivity contribution in [2.24, 2.45) is 11.3 Å². The lowest BCUT2D eigenvalue weighted by molar-refractivity contribution is -0.151. The Morgan fingerprint density at radius 1 is 1.16 bits per heavy atom. The molecule has 1 aromatic rings. The average molecular weight is 263 g/mol. The van der Waals surface area contributed by atoms with Crippen LogP contribution >= 0.6 is 0 Å². The Bertz CT molecular complexity index is 448. The average Bonchev–Trinajstić information content (AvgIpc) is 2.27. The van der Waals surface area contributed by atoms with E-state index in [1.807, 2.05) is 37.3 Å². The summed E-state index contributed by atoms with van der Waals surface area (Å²) in [5.74, 6) is -2.60. The molecule has 0 fully saturated rings. The van der Waals surface area contributed by atoms with E-state index in [1.54, 1.807) is 20.8 Å². The highest BCUT2D eigenvalue weighted by Gasteiger charge is 2.38. The zero-order chi connectivity index (χ0) is 14.6. The van der Waals surface area contributed by atoms with Gasteiger partial charge in [-0.2, -0.15) is 0 Å². The van der Waals surface area contributed by atoms with Crippen molar-refractivity contribution in [2.45, 2.75) is 33.7 Å². The summed E-state index contributed by atoms with van der Waals surface area (Å²) in [4.78, 5) is 23.4. The summed E-state index contributed by atoms with van der Waals surface area (Å²) in [5, 5.41) is 12.0. The number of carbonyl (C=O) groups is 2. The van der Waals surface area contributed by atoms with Gasteiger partial charge in [0.25, 0.3) is 0 Å². The summed E-state index contributed by atoms with van der Waals surface area (Å²) in [6.07, 6.45) is 0. The molecule has 0 bridgehead atoms. The fourth-order valence-electron chi connectivity index (χ4n) is 2.00. The van der Waals surface area contributed by atoms with E-state index in [1.165, 1.54) is 0 Å². The van der Waals surface area contributed by atoms with Crippen molar-refractivity contribution in [1.82, 2.24) is 5.32 Å². The van der Waals surface area contributed by atoms with Gasteiger partial charge >= 0.3 is 5.97 Å². The number of carboxylic acid groups (broad SMARTS) is 1. The molecule has 4 nitrogen and oxygen atoms in total. The molecule has 104 valence electrons. The number of rotatable bonds is 4. The monoisotopic (exact) mass is 263 g/mol. The van der Waals surface area contributed by atoms with Gasteiger partial charge < -0.3 is 10.4 Å². The van der Waals surface area contributed by atoms with Gasteiger partial charge in [-0.3, -0.25) is 9.59 Å². The fraction of sp³-hybridized carbons (Fsp3) is 0.467. The first-order chi connectivity index (χ1) is 8.73. The molecule has 1 aromatic carbocycles. The Balaban J connectivity index is 2.81. The maximum atomic E-state index is 12.1. The molecule has 0 saturated heterocycles. The molecular formula is C15H21NO3. The summed E-state index contributed by atoms with van der Waals surface area (Å²) in [6, 6.07) is 9.26. The highest BCUT2D eigenvalue weighted by molar-refractivity contribution is 5.97. The normalized spacial score (nSPS) is 14.5. The second kappa shape index (κ2) is 5.87. The van der Waals surface area contributed by atoms with Crippen molar-refractivity contribution in [3.05, 3.63) is 35.9 Å². The lowest BCUT2D eigenvalue weighted by atomic mass is 9.80. The van der Waals surface area contributed by atoms with Crippen LogP contribution in [0.1, 0.15) is 39.3 Å². The number of aliphatic carboxylic acids is 1. The predicted molar refractivity (Wildman–Crippen MR) is 73.6 cm³/mol. The minimum Gasteiger partial charge on any atom is -0.481 e. The molecule has 0 radical (unpaired) electrons. The zero-order valence-electron chi connectivity index (χ0n) is 11.8. The molecule has 2 atom stereocenters. The van der Waals surface area contributed by atoms with Gasteiger partial charge in [0.05, 0.1) is 6.04 Å². The summed E-state index contributed by atoms with van der Waals surface area (Å²) < 4.78 is 0.